The van der Waals surface area contributed by atoms with Gasteiger partial charge in [0.2, 0.25) is 0 Å². The molecule has 3 rings (SSSR count). The summed E-state index contributed by atoms with van der Waals surface area (Å²) >= 11 is 0. The van der Waals surface area contributed by atoms with Gasteiger partial charge in [-0.1, -0.05) is 60.7 Å². The molecular formula is C25H25NO4. The monoisotopic (exact) mass is 403 g/mol. The molecule has 5 nitrogen and oxygen atoms in total. The molecule has 2 atom stereocenters. The van der Waals surface area contributed by atoms with Crippen LogP contribution >= 0.6 is 0 Å². The summed E-state index contributed by atoms with van der Waals surface area (Å²) in [6, 6.07) is 24.4. The second kappa shape index (κ2) is 9.74. The Balaban J connectivity index is 2.11. The fourth-order valence-electron chi connectivity index (χ4n) is 3.45. The Labute approximate surface area is 176 Å². The first kappa shape index (κ1) is 21.1. The third-order valence-electron chi connectivity index (χ3n) is 5.09. The van der Waals surface area contributed by atoms with Crippen molar-refractivity contribution in [3.05, 3.63) is 102 Å². The Bertz CT molecular complexity index is 971. The maximum absolute atomic E-state index is 13.7. The van der Waals surface area contributed by atoms with Gasteiger partial charge in [0, 0.05) is 5.56 Å². The highest BCUT2D eigenvalue weighted by Crippen LogP contribution is 2.33. The molecular weight excluding hydrogens is 378 g/mol. The second-order valence-corrected chi connectivity index (χ2v) is 6.86. The van der Waals surface area contributed by atoms with Crippen LogP contribution in [0.1, 0.15) is 40.5 Å². The Morgan fingerprint density at radius 2 is 1.30 bits per heavy atom. The van der Waals surface area contributed by atoms with E-state index in [0.29, 0.717) is 16.9 Å². The topological polar surface area (TPSA) is 55.8 Å². The van der Waals surface area contributed by atoms with Crippen molar-refractivity contribution in [2.75, 3.05) is 14.2 Å². The summed E-state index contributed by atoms with van der Waals surface area (Å²) < 4.78 is 10.3. The van der Waals surface area contributed by atoms with Gasteiger partial charge in [-0.15, -0.1) is 0 Å². The maximum atomic E-state index is 13.7. The summed E-state index contributed by atoms with van der Waals surface area (Å²) in [4.78, 5) is 28.1. The van der Waals surface area contributed by atoms with E-state index in [0.717, 1.165) is 5.56 Å². The number of carbonyl (C=O) groups excluding carboxylic acids is 2. The van der Waals surface area contributed by atoms with Crippen molar-refractivity contribution in [2.24, 2.45) is 0 Å². The molecule has 0 aliphatic heterocycles. The normalized spacial score (nSPS) is 12.5. The summed E-state index contributed by atoms with van der Waals surface area (Å²) in [6.45, 7) is 1.91. The minimum absolute atomic E-state index is 0.270. The highest BCUT2D eigenvalue weighted by atomic mass is 16.5. The molecule has 0 unspecified atom stereocenters. The largest absolute Gasteiger partial charge is 0.497 e. The molecule has 0 aromatic heterocycles. The number of esters is 1. The summed E-state index contributed by atoms with van der Waals surface area (Å²) in [5.74, 6) is -0.110. The molecule has 0 bridgehead atoms. The van der Waals surface area contributed by atoms with Crippen molar-refractivity contribution in [3.8, 4) is 5.75 Å². The first-order chi connectivity index (χ1) is 14.6. The number of amides is 1. The fourth-order valence-corrected chi connectivity index (χ4v) is 3.45. The number of benzene rings is 3. The minimum Gasteiger partial charge on any atom is -0.497 e. The van der Waals surface area contributed by atoms with Crippen LogP contribution in [-0.2, 0) is 9.53 Å². The molecule has 0 N–H and O–H groups in total. The quantitative estimate of drug-likeness (QED) is 0.531. The van der Waals surface area contributed by atoms with Gasteiger partial charge in [0.1, 0.15) is 5.75 Å². The van der Waals surface area contributed by atoms with Gasteiger partial charge in [-0.05, 0) is 42.3 Å². The Kier molecular flexibility index (Phi) is 6.86. The second-order valence-electron chi connectivity index (χ2n) is 6.86. The molecule has 0 radical (unpaired) electrons. The van der Waals surface area contributed by atoms with E-state index in [4.69, 9.17) is 9.47 Å². The van der Waals surface area contributed by atoms with E-state index in [1.54, 1.807) is 36.3 Å². The lowest BCUT2D eigenvalue weighted by atomic mass is 9.98. The first-order valence-electron chi connectivity index (χ1n) is 9.71. The molecule has 0 aliphatic carbocycles. The molecule has 154 valence electrons. The molecule has 3 aromatic rings. The first-order valence-corrected chi connectivity index (χ1v) is 9.71. The Morgan fingerprint density at radius 3 is 1.80 bits per heavy atom. The van der Waals surface area contributed by atoms with Crippen molar-refractivity contribution in [3.63, 3.8) is 0 Å². The average Bonchev–Trinajstić information content (AvgIpc) is 2.82. The maximum Gasteiger partial charge on any atom is 0.333 e. The molecule has 5 heteroatoms. The van der Waals surface area contributed by atoms with Gasteiger partial charge in [-0.25, -0.2) is 4.79 Å². The molecule has 0 spiro atoms. The van der Waals surface area contributed by atoms with E-state index in [1.165, 1.54) is 7.11 Å². The number of hydrogen-bond acceptors (Lipinski definition) is 4. The molecule has 0 saturated carbocycles. The predicted octanol–water partition coefficient (Wildman–Crippen LogP) is 4.81. The fraction of sp³-hybridized carbons (Fsp3) is 0.200. The van der Waals surface area contributed by atoms with Gasteiger partial charge < -0.3 is 14.4 Å². The smallest absolute Gasteiger partial charge is 0.333 e. The number of methoxy groups -OCH3 is 2. The van der Waals surface area contributed by atoms with E-state index in [1.807, 2.05) is 67.6 Å². The third-order valence-corrected chi connectivity index (χ3v) is 5.09. The number of hydrogen-bond donors (Lipinski definition) is 0. The van der Waals surface area contributed by atoms with Crippen LogP contribution in [0.4, 0.5) is 0 Å². The van der Waals surface area contributed by atoms with E-state index in [9.17, 15) is 9.59 Å². The van der Waals surface area contributed by atoms with Crippen molar-refractivity contribution < 1.29 is 19.1 Å². The van der Waals surface area contributed by atoms with E-state index < -0.39 is 12.0 Å². The SMILES string of the molecule is COC(=O)[C@H](c1ccccc1)N(C(=O)c1ccc(OC)cc1)[C@@H](C)c1ccccc1. The van der Waals surface area contributed by atoms with Crippen LogP contribution in [0.25, 0.3) is 0 Å². The van der Waals surface area contributed by atoms with Crippen LogP contribution in [0.5, 0.6) is 5.75 Å². The highest BCUT2D eigenvalue weighted by Gasteiger charge is 2.36. The third kappa shape index (κ3) is 4.51. The molecule has 30 heavy (non-hydrogen) atoms. The van der Waals surface area contributed by atoms with Crippen molar-refractivity contribution in [2.45, 2.75) is 19.0 Å². The molecule has 0 aliphatic rings. The number of rotatable bonds is 7. The van der Waals surface area contributed by atoms with Crippen molar-refractivity contribution >= 4 is 11.9 Å². The summed E-state index contributed by atoms with van der Waals surface area (Å²) in [5.41, 5.74) is 2.07. The van der Waals surface area contributed by atoms with Gasteiger partial charge >= 0.3 is 5.97 Å². The van der Waals surface area contributed by atoms with Crippen LogP contribution in [0.3, 0.4) is 0 Å². The predicted molar refractivity (Wildman–Crippen MR) is 115 cm³/mol. The Hall–Kier alpha value is -3.60. The summed E-state index contributed by atoms with van der Waals surface area (Å²) in [5, 5.41) is 0. The van der Waals surface area contributed by atoms with E-state index >= 15 is 0 Å². The molecule has 3 aromatic carbocycles. The van der Waals surface area contributed by atoms with Gasteiger partial charge in [0.05, 0.1) is 20.3 Å². The van der Waals surface area contributed by atoms with Crippen LogP contribution in [0, 0.1) is 0 Å². The van der Waals surface area contributed by atoms with Gasteiger partial charge in [-0.3, -0.25) is 4.79 Å². The molecule has 0 saturated heterocycles. The van der Waals surface area contributed by atoms with Crippen LogP contribution in [-0.4, -0.2) is 31.0 Å². The summed E-state index contributed by atoms with van der Waals surface area (Å²) in [6.07, 6.45) is 0. The van der Waals surface area contributed by atoms with Crippen LogP contribution < -0.4 is 4.74 Å². The summed E-state index contributed by atoms with van der Waals surface area (Å²) in [7, 11) is 2.91. The van der Waals surface area contributed by atoms with Crippen molar-refractivity contribution in [1.82, 2.24) is 4.90 Å². The number of ether oxygens (including phenoxy) is 2. The van der Waals surface area contributed by atoms with E-state index in [2.05, 4.69) is 0 Å². The molecule has 0 heterocycles. The minimum atomic E-state index is -0.888. The molecule has 1 amide bonds. The lowest BCUT2D eigenvalue weighted by Gasteiger charge is -2.35. The van der Waals surface area contributed by atoms with Crippen molar-refractivity contribution in [1.29, 1.82) is 0 Å². The zero-order valence-electron chi connectivity index (χ0n) is 17.3. The van der Waals surface area contributed by atoms with Gasteiger partial charge in [0.25, 0.3) is 5.91 Å². The van der Waals surface area contributed by atoms with Gasteiger partial charge in [-0.2, -0.15) is 0 Å². The van der Waals surface area contributed by atoms with E-state index in [-0.39, 0.29) is 11.9 Å². The lowest BCUT2D eigenvalue weighted by molar-refractivity contribution is -0.147. The Morgan fingerprint density at radius 1 is 0.767 bits per heavy atom. The zero-order chi connectivity index (χ0) is 21.5. The number of nitrogens with zero attached hydrogens (tertiary/aromatic N) is 1. The average molecular weight is 403 g/mol. The highest BCUT2D eigenvalue weighted by molar-refractivity contribution is 5.97. The number of carbonyl (C=O) groups is 2. The molecule has 0 fully saturated rings. The zero-order valence-corrected chi connectivity index (χ0v) is 17.3. The van der Waals surface area contributed by atoms with Crippen LogP contribution in [0.15, 0.2) is 84.9 Å². The lowest BCUT2D eigenvalue weighted by Crippen LogP contribution is -2.41. The van der Waals surface area contributed by atoms with Gasteiger partial charge in [0.15, 0.2) is 6.04 Å². The standard InChI is InChI=1S/C25H25NO4/c1-18(19-10-6-4-7-11-19)26(24(27)21-14-16-22(29-2)17-15-21)23(25(28)30-3)20-12-8-5-9-13-20/h4-18,23H,1-3H3/t18-,23-/m0/s1. The van der Waals surface area contributed by atoms with Crippen LogP contribution in [0.2, 0.25) is 0 Å².